The van der Waals surface area contributed by atoms with Crippen molar-refractivity contribution in [2.75, 3.05) is 19.5 Å². The molecule has 1 N–H and O–H groups in total. The Balaban J connectivity index is 1.24. The number of hydrogen-bond donors (Lipinski definition) is 1. The van der Waals surface area contributed by atoms with Crippen LogP contribution in [0.3, 0.4) is 0 Å². The number of amides is 2. The summed E-state index contributed by atoms with van der Waals surface area (Å²) < 4.78 is 12.8. The van der Waals surface area contributed by atoms with Crippen LogP contribution in [0.2, 0.25) is 0 Å². The summed E-state index contributed by atoms with van der Waals surface area (Å²) in [7, 11) is 1.63. The second-order valence-corrected chi connectivity index (χ2v) is 12.6. The van der Waals surface area contributed by atoms with Crippen LogP contribution in [0.1, 0.15) is 51.6 Å². The van der Waals surface area contributed by atoms with Crippen LogP contribution in [-0.2, 0) is 11.3 Å². The van der Waals surface area contributed by atoms with E-state index in [1.165, 1.54) is 11.8 Å². The number of nitrogens with zero attached hydrogens (tertiary/aromatic N) is 5. The van der Waals surface area contributed by atoms with Crippen LogP contribution in [0, 0.1) is 6.92 Å². The van der Waals surface area contributed by atoms with Crippen molar-refractivity contribution >= 4 is 40.6 Å². The molecule has 2 aromatic heterocycles. The summed E-state index contributed by atoms with van der Waals surface area (Å²) in [5.41, 5.74) is 4.20. The molecule has 0 spiro atoms. The summed E-state index contributed by atoms with van der Waals surface area (Å²) in [6.07, 6.45) is 0.608. The second-order valence-electron chi connectivity index (χ2n) is 10.8. The van der Waals surface area contributed by atoms with Crippen molar-refractivity contribution in [1.82, 2.24) is 25.1 Å². The largest absolute Gasteiger partial charge is 0.497 e. The highest BCUT2D eigenvalue weighted by atomic mass is 32.2. The first-order chi connectivity index (χ1) is 22.9. The molecule has 47 heavy (non-hydrogen) atoms. The van der Waals surface area contributed by atoms with Crippen molar-refractivity contribution in [2.24, 2.45) is 5.10 Å². The number of ether oxygens (including phenoxy) is 2. The number of aryl methyl sites for hydroxylation is 1. The number of carbonyl (C=O) groups is 2. The molecule has 10 nitrogen and oxygen atoms in total. The number of aromatic nitrogens is 3. The first-order valence-corrected chi connectivity index (χ1v) is 17.0. The summed E-state index contributed by atoms with van der Waals surface area (Å²) in [6, 6.07) is 26.5. The maximum atomic E-state index is 13.9. The third-order valence-electron chi connectivity index (χ3n) is 7.59. The van der Waals surface area contributed by atoms with Crippen LogP contribution in [0.25, 0.3) is 5.69 Å². The van der Waals surface area contributed by atoms with Crippen molar-refractivity contribution in [3.63, 3.8) is 0 Å². The maximum absolute atomic E-state index is 13.9. The number of carbonyl (C=O) groups excluding carboxylic acids is 2. The smallest absolute Gasteiger partial charge is 0.253 e. The van der Waals surface area contributed by atoms with E-state index in [0.717, 1.165) is 38.9 Å². The fourth-order valence-corrected chi connectivity index (χ4v) is 6.83. The zero-order chi connectivity index (χ0) is 32.8. The summed E-state index contributed by atoms with van der Waals surface area (Å²) in [5.74, 6) is 1.73. The van der Waals surface area contributed by atoms with Gasteiger partial charge >= 0.3 is 0 Å². The Hall–Kier alpha value is -4.94. The number of nitrogens with one attached hydrogen (secondary N) is 1. The maximum Gasteiger partial charge on any atom is 0.253 e. The van der Waals surface area contributed by atoms with Gasteiger partial charge in [0.2, 0.25) is 0 Å². The number of thioether (sulfide) groups is 1. The Morgan fingerprint density at radius 2 is 1.79 bits per heavy atom. The van der Waals surface area contributed by atoms with Crippen molar-refractivity contribution in [3.8, 4) is 17.2 Å². The summed E-state index contributed by atoms with van der Waals surface area (Å²) >= 11 is 2.88. The van der Waals surface area contributed by atoms with Crippen LogP contribution < -0.4 is 14.8 Å². The molecule has 240 valence electrons. The molecule has 3 aromatic carbocycles. The zero-order valence-electron chi connectivity index (χ0n) is 26.3. The van der Waals surface area contributed by atoms with Crippen LogP contribution in [-0.4, -0.2) is 56.8 Å². The molecule has 5 aromatic rings. The van der Waals surface area contributed by atoms with Gasteiger partial charge in [0, 0.05) is 17.7 Å². The third-order valence-corrected chi connectivity index (χ3v) is 9.42. The van der Waals surface area contributed by atoms with E-state index >= 15 is 0 Å². The lowest BCUT2D eigenvalue weighted by Crippen LogP contribution is -2.28. The van der Waals surface area contributed by atoms with E-state index in [4.69, 9.17) is 14.6 Å². The van der Waals surface area contributed by atoms with E-state index < -0.39 is 0 Å². The van der Waals surface area contributed by atoms with E-state index in [2.05, 4.69) is 15.5 Å². The van der Waals surface area contributed by atoms with E-state index in [0.29, 0.717) is 29.6 Å². The molecular weight excluding hydrogens is 633 g/mol. The molecule has 0 unspecified atom stereocenters. The fourth-order valence-electron chi connectivity index (χ4n) is 5.28. The summed E-state index contributed by atoms with van der Waals surface area (Å²) in [6.45, 7) is 4.57. The average Bonchev–Trinajstić information content (AvgIpc) is 3.87. The monoisotopic (exact) mass is 666 g/mol. The topological polar surface area (TPSA) is 111 Å². The van der Waals surface area contributed by atoms with Gasteiger partial charge in [0.15, 0.2) is 11.0 Å². The van der Waals surface area contributed by atoms with Crippen molar-refractivity contribution < 1.29 is 19.1 Å². The molecule has 0 saturated heterocycles. The Morgan fingerprint density at radius 3 is 2.49 bits per heavy atom. The molecule has 1 aliphatic heterocycles. The predicted molar refractivity (Wildman–Crippen MR) is 184 cm³/mol. The average molecular weight is 667 g/mol. The van der Waals surface area contributed by atoms with Crippen LogP contribution >= 0.6 is 23.1 Å². The highest BCUT2D eigenvalue weighted by Gasteiger charge is 2.34. The first kappa shape index (κ1) is 32.0. The minimum atomic E-state index is -0.248. The number of hydrogen-bond acceptors (Lipinski definition) is 9. The number of hydrazone groups is 1. The lowest BCUT2D eigenvalue weighted by molar-refractivity contribution is -0.130. The second kappa shape index (κ2) is 14.7. The van der Waals surface area contributed by atoms with Gasteiger partial charge in [0.25, 0.3) is 11.8 Å². The van der Waals surface area contributed by atoms with Crippen LogP contribution in [0.15, 0.2) is 101 Å². The van der Waals surface area contributed by atoms with Gasteiger partial charge in [-0.1, -0.05) is 47.7 Å². The summed E-state index contributed by atoms with van der Waals surface area (Å²) in [4.78, 5) is 27.8. The molecule has 1 atom stereocenters. The SMILES string of the molecule is CCOc1ccc(-n2c(CNC(=O)c3cccc(C)c3)nnc2SCC(=O)N2N=C(c3cccs3)C[C@@H]2c2ccc(OC)cc2)cc1. The highest BCUT2D eigenvalue weighted by Crippen LogP contribution is 2.35. The van der Waals surface area contributed by atoms with Gasteiger partial charge in [-0.05, 0) is 79.4 Å². The first-order valence-electron chi connectivity index (χ1n) is 15.2. The third kappa shape index (κ3) is 7.39. The Labute approximate surface area is 281 Å². The number of benzene rings is 3. The van der Waals surface area contributed by atoms with E-state index in [1.807, 2.05) is 103 Å². The van der Waals surface area contributed by atoms with Crippen molar-refractivity contribution in [2.45, 2.75) is 38.0 Å². The van der Waals surface area contributed by atoms with E-state index in [9.17, 15) is 9.59 Å². The quantitative estimate of drug-likeness (QED) is 0.153. The standard InChI is InChI=1S/C35H34N6O4S2/c1-4-45-28-16-12-26(13-17-28)40-32(21-36-34(43)25-8-5-7-23(2)19-25)37-38-35(40)47-22-33(42)41-30(24-10-14-27(44-3)15-11-24)20-29(39-41)31-9-6-18-46-31/h5-19,30H,4,20-22H2,1-3H3,(H,36,43)/t30-/m1/s1. The Morgan fingerprint density at radius 1 is 1.00 bits per heavy atom. The molecule has 3 heterocycles. The highest BCUT2D eigenvalue weighted by molar-refractivity contribution is 7.99. The molecule has 12 heteroatoms. The number of thiophene rings is 1. The van der Waals surface area contributed by atoms with Crippen LogP contribution in [0.4, 0.5) is 0 Å². The zero-order valence-corrected chi connectivity index (χ0v) is 27.9. The molecule has 2 amide bonds. The molecule has 0 saturated carbocycles. The lowest BCUT2D eigenvalue weighted by atomic mass is 10.0. The van der Waals surface area contributed by atoms with Gasteiger partial charge in [-0.3, -0.25) is 14.2 Å². The normalized spacial score (nSPS) is 14.1. The Bertz CT molecular complexity index is 1870. The van der Waals surface area contributed by atoms with Gasteiger partial charge in [-0.2, -0.15) is 5.10 Å². The molecule has 0 fully saturated rings. The van der Waals surface area contributed by atoms with E-state index in [1.54, 1.807) is 29.5 Å². The molecule has 0 aliphatic carbocycles. The van der Waals surface area contributed by atoms with Gasteiger partial charge in [-0.15, -0.1) is 21.5 Å². The molecule has 1 aliphatic rings. The number of methoxy groups -OCH3 is 1. The van der Waals surface area contributed by atoms with Gasteiger partial charge in [-0.25, -0.2) is 5.01 Å². The predicted octanol–water partition coefficient (Wildman–Crippen LogP) is 6.44. The van der Waals surface area contributed by atoms with E-state index in [-0.39, 0.29) is 30.2 Å². The molecule has 0 radical (unpaired) electrons. The summed E-state index contributed by atoms with van der Waals surface area (Å²) in [5, 5.41) is 20.7. The van der Waals surface area contributed by atoms with Crippen LogP contribution in [0.5, 0.6) is 11.5 Å². The number of rotatable bonds is 12. The van der Waals surface area contributed by atoms with Crippen molar-refractivity contribution in [1.29, 1.82) is 0 Å². The molecular formula is C35H34N6O4S2. The molecule has 0 bridgehead atoms. The van der Waals surface area contributed by atoms with Gasteiger partial charge in [0.05, 0.1) is 42.6 Å². The Kier molecular flexibility index (Phi) is 9.98. The lowest BCUT2D eigenvalue weighted by Gasteiger charge is -2.22. The van der Waals surface area contributed by atoms with Crippen molar-refractivity contribution in [3.05, 3.63) is 118 Å². The fraction of sp³-hybridized carbons (Fsp3) is 0.229. The molecule has 6 rings (SSSR count). The minimum absolute atomic E-state index is 0.0820. The van der Waals surface area contributed by atoms with Gasteiger partial charge < -0.3 is 14.8 Å². The minimum Gasteiger partial charge on any atom is -0.497 e. The van der Waals surface area contributed by atoms with Gasteiger partial charge in [0.1, 0.15) is 11.5 Å².